The molecule has 0 bridgehead atoms. The molecule has 0 spiro atoms. The number of hydrogen-bond donors (Lipinski definition) is 1. The highest BCUT2D eigenvalue weighted by Gasteiger charge is 2.38. The van der Waals surface area contributed by atoms with Gasteiger partial charge in [-0.05, 0) is 36.3 Å². The van der Waals surface area contributed by atoms with Crippen molar-refractivity contribution in [1.29, 1.82) is 0 Å². The van der Waals surface area contributed by atoms with Crippen molar-refractivity contribution in [2.45, 2.75) is 62.9 Å². The maximum atomic E-state index is 12.9. The van der Waals surface area contributed by atoms with Crippen LogP contribution in [-0.4, -0.2) is 42.5 Å². The summed E-state index contributed by atoms with van der Waals surface area (Å²) in [6.07, 6.45) is 7.03. The molecule has 2 atom stereocenters. The second kappa shape index (κ2) is 8.00. The van der Waals surface area contributed by atoms with Gasteiger partial charge in [-0.15, -0.1) is 0 Å². The first-order chi connectivity index (χ1) is 12.1. The minimum Gasteiger partial charge on any atom is -0.467 e. The molecule has 1 saturated heterocycles. The van der Waals surface area contributed by atoms with Crippen LogP contribution in [0.25, 0.3) is 0 Å². The molecule has 1 heterocycles. The Morgan fingerprint density at radius 3 is 2.64 bits per heavy atom. The predicted molar refractivity (Wildman–Crippen MR) is 96.1 cm³/mol. The Kier molecular flexibility index (Phi) is 5.74. The fourth-order valence-corrected chi connectivity index (χ4v) is 4.28. The molecular weight excluding hydrogens is 316 g/mol. The molecule has 0 unspecified atom stereocenters. The van der Waals surface area contributed by atoms with E-state index in [1.54, 1.807) is 4.90 Å². The molecule has 1 aromatic carbocycles. The number of carbonyl (C=O) groups excluding carboxylic acids is 2. The van der Waals surface area contributed by atoms with E-state index in [4.69, 9.17) is 10.5 Å². The molecule has 0 radical (unpaired) electrons. The number of esters is 1. The topological polar surface area (TPSA) is 72.6 Å². The van der Waals surface area contributed by atoms with E-state index in [9.17, 15) is 9.59 Å². The van der Waals surface area contributed by atoms with E-state index < -0.39 is 6.04 Å². The minimum atomic E-state index is -0.547. The number of ether oxygens (including phenoxy) is 1. The van der Waals surface area contributed by atoms with E-state index in [0.717, 1.165) is 5.56 Å². The highest BCUT2D eigenvalue weighted by Crippen LogP contribution is 2.34. The van der Waals surface area contributed by atoms with Gasteiger partial charge in [0.15, 0.2) is 0 Å². The second-order valence-electron chi connectivity index (χ2n) is 7.29. The number of nitrogens with two attached hydrogens (primary N) is 1. The molecule has 1 amide bonds. The lowest BCUT2D eigenvalue weighted by Gasteiger charge is -2.26. The summed E-state index contributed by atoms with van der Waals surface area (Å²) in [5.41, 5.74) is 8.37. The number of amides is 1. The molecule has 3 rings (SSSR count). The van der Waals surface area contributed by atoms with Crippen molar-refractivity contribution < 1.29 is 14.3 Å². The molecule has 1 saturated carbocycles. The molecular formula is C20H28N2O3. The van der Waals surface area contributed by atoms with Crippen LogP contribution in [0.15, 0.2) is 24.3 Å². The Labute approximate surface area is 149 Å². The van der Waals surface area contributed by atoms with Gasteiger partial charge in [0.25, 0.3) is 0 Å². The number of hydrogen-bond acceptors (Lipinski definition) is 4. The molecule has 2 fully saturated rings. The molecule has 1 aliphatic carbocycles. The fourth-order valence-electron chi connectivity index (χ4n) is 4.28. The van der Waals surface area contributed by atoms with E-state index in [0.29, 0.717) is 25.3 Å². The standard InChI is InChI=1S/C20H28N2O3/c1-25-20(24)18-12-16(21)13-22(18)19(23)11-15-9-5-6-10-17(15)14-7-3-2-4-8-14/h5-6,9-10,14,16,18H,2-4,7-8,11-13,21H2,1H3/t16-,18-/m0/s1. The van der Waals surface area contributed by atoms with Crippen LogP contribution < -0.4 is 5.73 Å². The van der Waals surface area contributed by atoms with Gasteiger partial charge in [0.05, 0.1) is 13.5 Å². The van der Waals surface area contributed by atoms with Crippen molar-refractivity contribution in [2.75, 3.05) is 13.7 Å². The molecule has 2 N–H and O–H groups in total. The third-order valence-corrected chi connectivity index (χ3v) is 5.57. The summed E-state index contributed by atoms with van der Waals surface area (Å²) in [7, 11) is 1.35. The Morgan fingerprint density at radius 1 is 1.20 bits per heavy atom. The summed E-state index contributed by atoms with van der Waals surface area (Å²) in [4.78, 5) is 26.5. The number of benzene rings is 1. The molecule has 136 valence electrons. The maximum absolute atomic E-state index is 12.9. The molecule has 1 aromatic rings. The molecule has 0 aromatic heterocycles. The van der Waals surface area contributed by atoms with Crippen molar-refractivity contribution in [3.8, 4) is 0 Å². The lowest BCUT2D eigenvalue weighted by Crippen LogP contribution is -2.42. The van der Waals surface area contributed by atoms with Crippen LogP contribution in [0.4, 0.5) is 0 Å². The smallest absolute Gasteiger partial charge is 0.328 e. The van der Waals surface area contributed by atoms with E-state index in [-0.39, 0.29) is 17.9 Å². The highest BCUT2D eigenvalue weighted by atomic mass is 16.5. The Balaban J connectivity index is 1.75. The molecule has 1 aliphatic heterocycles. The van der Waals surface area contributed by atoms with Gasteiger partial charge in [-0.2, -0.15) is 0 Å². The second-order valence-corrected chi connectivity index (χ2v) is 7.29. The SMILES string of the molecule is COC(=O)[C@@H]1C[C@H](N)CN1C(=O)Cc1ccccc1C1CCCCC1. The summed E-state index contributed by atoms with van der Waals surface area (Å²) in [6, 6.07) is 7.54. The maximum Gasteiger partial charge on any atom is 0.328 e. The van der Waals surface area contributed by atoms with Crippen molar-refractivity contribution in [3.05, 3.63) is 35.4 Å². The number of carbonyl (C=O) groups is 2. The van der Waals surface area contributed by atoms with Gasteiger partial charge in [0.2, 0.25) is 5.91 Å². The minimum absolute atomic E-state index is 0.0355. The monoisotopic (exact) mass is 344 g/mol. The third-order valence-electron chi connectivity index (χ3n) is 5.57. The van der Waals surface area contributed by atoms with Gasteiger partial charge in [-0.3, -0.25) is 4.79 Å². The number of methoxy groups -OCH3 is 1. The summed E-state index contributed by atoms with van der Waals surface area (Å²) >= 11 is 0. The van der Waals surface area contributed by atoms with Gasteiger partial charge in [0, 0.05) is 12.6 Å². The van der Waals surface area contributed by atoms with Gasteiger partial charge in [-0.25, -0.2) is 4.79 Å². The molecule has 25 heavy (non-hydrogen) atoms. The first-order valence-electron chi connectivity index (χ1n) is 9.31. The van der Waals surface area contributed by atoms with Crippen molar-refractivity contribution in [2.24, 2.45) is 5.73 Å². The molecule has 2 aliphatic rings. The zero-order chi connectivity index (χ0) is 17.8. The third kappa shape index (κ3) is 4.03. The van der Waals surface area contributed by atoms with Crippen LogP contribution in [0.2, 0.25) is 0 Å². The van der Waals surface area contributed by atoms with Crippen LogP contribution in [0.3, 0.4) is 0 Å². The van der Waals surface area contributed by atoms with E-state index in [1.165, 1.54) is 44.8 Å². The summed E-state index contributed by atoms with van der Waals surface area (Å²) < 4.78 is 4.84. The van der Waals surface area contributed by atoms with Crippen molar-refractivity contribution >= 4 is 11.9 Å². The number of likely N-dealkylation sites (tertiary alicyclic amines) is 1. The predicted octanol–water partition coefficient (Wildman–Crippen LogP) is 2.38. The van der Waals surface area contributed by atoms with Crippen LogP contribution in [0, 0.1) is 0 Å². The summed E-state index contributed by atoms with van der Waals surface area (Å²) in [5.74, 6) is 0.142. The highest BCUT2D eigenvalue weighted by molar-refractivity contribution is 5.86. The van der Waals surface area contributed by atoms with Crippen molar-refractivity contribution in [1.82, 2.24) is 4.90 Å². The zero-order valence-corrected chi connectivity index (χ0v) is 14.9. The van der Waals surface area contributed by atoms with Crippen LogP contribution in [0.1, 0.15) is 55.6 Å². The Morgan fingerprint density at radius 2 is 1.92 bits per heavy atom. The average molecular weight is 344 g/mol. The lowest BCUT2D eigenvalue weighted by molar-refractivity contribution is -0.150. The largest absolute Gasteiger partial charge is 0.467 e. The first-order valence-corrected chi connectivity index (χ1v) is 9.31. The summed E-state index contributed by atoms with van der Waals surface area (Å²) in [6.45, 7) is 0.421. The molecule has 5 heteroatoms. The number of rotatable bonds is 4. The Bertz CT molecular complexity index is 625. The van der Waals surface area contributed by atoms with Gasteiger partial charge >= 0.3 is 5.97 Å². The van der Waals surface area contributed by atoms with E-state index >= 15 is 0 Å². The van der Waals surface area contributed by atoms with Crippen molar-refractivity contribution in [3.63, 3.8) is 0 Å². The normalized spacial score (nSPS) is 24.3. The van der Waals surface area contributed by atoms with Crippen LogP contribution in [0.5, 0.6) is 0 Å². The Hall–Kier alpha value is -1.88. The average Bonchev–Trinajstić information content (AvgIpc) is 3.04. The summed E-state index contributed by atoms with van der Waals surface area (Å²) in [5, 5.41) is 0. The zero-order valence-electron chi connectivity index (χ0n) is 14.9. The number of nitrogens with zero attached hydrogens (tertiary/aromatic N) is 1. The van der Waals surface area contributed by atoms with E-state index in [2.05, 4.69) is 12.1 Å². The van der Waals surface area contributed by atoms with Crippen LogP contribution >= 0.6 is 0 Å². The van der Waals surface area contributed by atoms with Gasteiger partial charge in [0.1, 0.15) is 6.04 Å². The molecule has 5 nitrogen and oxygen atoms in total. The van der Waals surface area contributed by atoms with Crippen LogP contribution in [-0.2, 0) is 20.7 Å². The quantitative estimate of drug-likeness (QED) is 0.851. The fraction of sp³-hybridized carbons (Fsp3) is 0.600. The first kappa shape index (κ1) is 17.9. The van der Waals surface area contributed by atoms with E-state index in [1.807, 2.05) is 12.1 Å². The van der Waals surface area contributed by atoms with Gasteiger partial charge < -0.3 is 15.4 Å². The lowest BCUT2D eigenvalue weighted by atomic mass is 9.81. The van der Waals surface area contributed by atoms with Gasteiger partial charge in [-0.1, -0.05) is 43.5 Å².